The van der Waals surface area contributed by atoms with Crippen LogP contribution in [0.4, 0.5) is 18.9 Å². The molecule has 9 heteroatoms. The minimum atomic E-state index is -4.33. The summed E-state index contributed by atoms with van der Waals surface area (Å²) in [5, 5.41) is 0. The van der Waals surface area contributed by atoms with Gasteiger partial charge in [0.25, 0.3) is 5.91 Å². The highest BCUT2D eigenvalue weighted by Crippen LogP contribution is 2.29. The Hall–Kier alpha value is -1.96. The summed E-state index contributed by atoms with van der Waals surface area (Å²) in [5.74, 6) is -0.0731. The maximum Gasteiger partial charge on any atom is 0.416 e. The van der Waals surface area contributed by atoms with E-state index in [2.05, 4.69) is 4.90 Å². The van der Waals surface area contributed by atoms with E-state index in [1.807, 2.05) is 0 Å². The van der Waals surface area contributed by atoms with Gasteiger partial charge in [0.1, 0.15) is 0 Å². The minimum Gasteiger partial charge on any atom is -0.399 e. The average molecular weight is 436 g/mol. The third-order valence-electron chi connectivity index (χ3n) is 4.45. The summed E-state index contributed by atoms with van der Waals surface area (Å²) in [5.41, 5.74) is 6.80. The van der Waals surface area contributed by atoms with Gasteiger partial charge in [0.2, 0.25) is 0 Å². The lowest BCUT2D eigenvalue weighted by atomic mass is 10.1. The van der Waals surface area contributed by atoms with Gasteiger partial charge in [0.15, 0.2) is 0 Å². The number of nitrogens with two attached hydrogens (primary N) is 1. The number of hydrogen-bond acceptors (Lipinski definition) is 3. The van der Waals surface area contributed by atoms with Crippen molar-refractivity contribution in [2.75, 3.05) is 31.9 Å². The monoisotopic (exact) mass is 435 g/mol. The smallest absolute Gasteiger partial charge is 0.399 e. The van der Waals surface area contributed by atoms with E-state index >= 15 is 0 Å². The van der Waals surface area contributed by atoms with Crippen molar-refractivity contribution >= 4 is 36.4 Å². The first kappa shape index (κ1) is 24.1. The van der Waals surface area contributed by atoms with Crippen LogP contribution in [0.1, 0.15) is 21.5 Å². The van der Waals surface area contributed by atoms with Gasteiger partial charge < -0.3 is 10.6 Å². The lowest BCUT2D eigenvalue weighted by Crippen LogP contribution is -2.48. The molecule has 1 aliphatic heterocycles. The number of rotatable bonds is 3. The molecule has 0 spiro atoms. The van der Waals surface area contributed by atoms with Crippen LogP contribution in [-0.2, 0) is 12.7 Å². The van der Waals surface area contributed by atoms with Crippen LogP contribution in [0, 0.1) is 0 Å². The lowest BCUT2D eigenvalue weighted by Gasteiger charge is -2.35. The number of carbonyl (C=O) groups excluding carboxylic acids is 1. The van der Waals surface area contributed by atoms with Gasteiger partial charge in [-0.25, -0.2) is 0 Å². The van der Waals surface area contributed by atoms with Gasteiger partial charge in [0, 0.05) is 44.0 Å². The lowest BCUT2D eigenvalue weighted by molar-refractivity contribution is -0.137. The minimum absolute atomic E-state index is 0. The number of halogens is 5. The molecule has 1 fully saturated rings. The van der Waals surface area contributed by atoms with Crippen LogP contribution < -0.4 is 5.73 Å². The van der Waals surface area contributed by atoms with Gasteiger partial charge in [-0.1, -0.05) is 24.3 Å². The van der Waals surface area contributed by atoms with Gasteiger partial charge in [-0.05, 0) is 29.8 Å². The van der Waals surface area contributed by atoms with Crippen LogP contribution in [-0.4, -0.2) is 41.9 Å². The Balaban J connectivity index is 0.00000196. The Kier molecular flexibility index (Phi) is 8.60. The first-order valence-electron chi connectivity index (χ1n) is 8.36. The maximum atomic E-state index is 12.8. The second kappa shape index (κ2) is 10.0. The highest BCUT2D eigenvalue weighted by Gasteiger charge is 2.30. The fourth-order valence-electron chi connectivity index (χ4n) is 3.07. The molecule has 28 heavy (non-hydrogen) atoms. The molecule has 0 aromatic heterocycles. The zero-order chi connectivity index (χ0) is 18.7. The Morgan fingerprint density at radius 2 is 1.61 bits per heavy atom. The largest absolute Gasteiger partial charge is 0.416 e. The summed E-state index contributed by atoms with van der Waals surface area (Å²) >= 11 is 0. The first-order chi connectivity index (χ1) is 12.3. The molecule has 0 bridgehead atoms. The van der Waals surface area contributed by atoms with Crippen molar-refractivity contribution in [1.29, 1.82) is 0 Å². The third-order valence-corrected chi connectivity index (χ3v) is 4.45. The quantitative estimate of drug-likeness (QED) is 0.738. The van der Waals surface area contributed by atoms with Gasteiger partial charge in [-0.3, -0.25) is 9.69 Å². The fraction of sp³-hybridized carbons (Fsp3) is 0.316. The summed E-state index contributed by atoms with van der Waals surface area (Å²) in [4.78, 5) is 16.3. The molecule has 0 saturated carbocycles. The Labute approximate surface area is 174 Å². The number of benzene rings is 2. The molecular formula is C19H22Cl2F3N3O. The number of alkyl halides is 3. The summed E-state index contributed by atoms with van der Waals surface area (Å²) in [6, 6.07) is 12.2. The van der Waals surface area contributed by atoms with E-state index in [-0.39, 0.29) is 30.7 Å². The van der Waals surface area contributed by atoms with Gasteiger partial charge in [0.05, 0.1) is 5.56 Å². The molecule has 1 saturated heterocycles. The molecule has 0 aliphatic carbocycles. The van der Waals surface area contributed by atoms with Crippen molar-refractivity contribution in [3.63, 3.8) is 0 Å². The molecule has 154 valence electrons. The first-order valence-corrected chi connectivity index (χ1v) is 8.36. The maximum absolute atomic E-state index is 12.8. The number of hydrogen-bond donors (Lipinski definition) is 1. The van der Waals surface area contributed by atoms with Crippen molar-refractivity contribution in [2.24, 2.45) is 0 Å². The number of amides is 1. The Morgan fingerprint density at radius 3 is 2.21 bits per heavy atom. The van der Waals surface area contributed by atoms with Crippen molar-refractivity contribution in [1.82, 2.24) is 9.80 Å². The van der Waals surface area contributed by atoms with E-state index < -0.39 is 11.7 Å². The molecule has 0 radical (unpaired) electrons. The summed E-state index contributed by atoms with van der Waals surface area (Å²) < 4.78 is 38.4. The molecule has 1 heterocycles. The van der Waals surface area contributed by atoms with E-state index in [9.17, 15) is 18.0 Å². The SMILES string of the molecule is Cl.Cl.Nc1cccc(C(=O)N2CCN(Cc3cccc(C(F)(F)F)c3)CC2)c1. The molecule has 3 rings (SSSR count). The number of nitrogens with zero attached hydrogens (tertiary/aromatic N) is 2. The van der Waals surface area contributed by atoms with Gasteiger partial charge in [-0.2, -0.15) is 13.2 Å². The molecule has 1 amide bonds. The highest BCUT2D eigenvalue weighted by atomic mass is 35.5. The summed E-state index contributed by atoms with van der Waals surface area (Å²) in [7, 11) is 0. The van der Waals surface area contributed by atoms with Crippen LogP contribution in [0.15, 0.2) is 48.5 Å². The molecule has 1 aliphatic rings. The van der Waals surface area contributed by atoms with Crippen LogP contribution in [0.2, 0.25) is 0 Å². The van der Waals surface area contributed by atoms with Crippen LogP contribution >= 0.6 is 24.8 Å². The molecule has 0 atom stereocenters. The molecule has 0 unspecified atom stereocenters. The number of anilines is 1. The highest BCUT2D eigenvalue weighted by molar-refractivity contribution is 5.95. The van der Waals surface area contributed by atoms with Crippen molar-refractivity contribution in [3.8, 4) is 0 Å². The van der Waals surface area contributed by atoms with Crippen molar-refractivity contribution in [2.45, 2.75) is 12.7 Å². The summed E-state index contributed by atoms with van der Waals surface area (Å²) in [6.45, 7) is 2.73. The second-order valence-electron chi connectivity index (χ2n) is 6.39. The average Bonchev–Trinajstić information content (AvgIpc) is 2.61. The van der Waals surface area contributed by atoms with Gasteiger partial charge >= 0.3 is 6.18 Å². The van der Waals surface area contributed by atoms with E-state index in [1.54, 1.807) is 35.2 Å². The number of nitrogen functional groups attached to an aromatic ring is 1. The predicted octanol–water partition coefficient (Wildman–Crippen LogP) is 4.09. The third kappa shape index (κ3) is 6.02. The summed E-state index contributed by atoms with van der Waals surface area (Å²) in [6.07, 6.45) is -4.33. The normalized spacial score (nSPS) is 14.8. The number of piperazine rings is 1. The van der Waals surface area contributed by atoms with E-state index in [0.29, 0.717) is 49.5 Å². The van der Waals surface area contributed by atoms with Crippen LogP contribution in [0.3, 0.4) is 0 Å². The predicted molar refractivity (Wildman–Crippen MR) is 108 cm³/mol. The van der Waals surface area contributed by atoms with E-state index in [4.69, 9.17) is 5.73 Å². The Bertz CT molecular complexity index is 794. The standard InChI is InChI=1S/C19H20F3N3O.2ClH/c20-19(21,22)16-5-1-3-14(11-16)13-24-7-9-25(10-8-24)18(26)15-4-2-6-17(23)12-15;;/h1-6,11-12H,7-10,13,23H2;2*1H. The second-order valence-corrected chi connectivity index (χ2v) is 6.39. The molecule has 2 aromatic rings. The topological polar surface area (TPSA) is 49.6 Å². The Morgan fingerprint density at radius 1 is 0.964 bits per heavy atom. The van der Waals surface area contributed by atoms with E-state index in [0.717, 1.165) is 6.07 Å². The van der Waals surface area contributed by atoms with Crippen molar-refractivity contribution < 1.29 is 18.0 Å². The van der Waals surface area contributed by atoms with Crippen molar-refractivity contribution in [3.05, 3.63) is 65.2 Å². The van der Waals surface area contributed by atoms with E-state index in [1.165, 1.54) is 12.1 Å². The zero-order valence-electron chi connectivity index (χ0n) is 15.0. The molecular weight excluding hydrogens is 414 g/mol. The molecule has 2 aromatic carbocycles. The molecule has 4 nitrogen and oxygen atoms in total. The van der Waals surface area contributed by atoms with Crippen LogP contribution in [0.5, 0.6) is 0 Å². The van der Waals surface area contributed by atoms with Gasteiger partial charge in [-0.15, -0.1) is 24.8 Å². The zero-order valence-corrected chi connectivity index (χ0v) is 16.6. The van der Waals surface area contributed by atoms with Crippen LogP contribution in [0.25, 0.3) is 0 Å². The molecule has 2 N–H and O–H groups in total. The fourth-order valence-corrected chi connectivity index (χ4v) is 3.07. The number of carbonyl (C=O) groups is 1.